The van der Waals surface area contributed by atoms with E-state index in [-0.39, 0.29) is 24.1 Å². The summed E-state index contributed by atoms with van der Waals surface area (Å²) in [5.41, 5.74) is 1.05. The Labute approximate surface area is 156 Å². The summed E-state index contributed by atoms with van der Waals surface area (Å²) in [5.74, 6) is -0.850. The number of benzene rings is 1. The zero-order valence-corrected chi connectivity index (χ0v) is 15.8. The molecule has 0 saturated heterocycles. The normalized spacial score (nSPS) is 11.8. The van der Waals surface area contributed by atoms with Gasteiger partial charge in [-0.3, -0.25) is 9.59 Å². The molecule has 0 saturated carbocycles. The van der Waals surface area contributed by atoms with E-state index in [1.54, 1.807) is 12.1 Å². The van der Waals surface area contributed by atoms with Crippen molar-refractivity contribution in [1.82, 2.24) is 10.6 Å². The van der Waals surface area contributed by atoms with Crippen molar-refractivity contribution in [2.45, 2.75) is 32.1 Å². The van der Waals surface area contributed by atoms with Crippen LogP contribution in [0.2, 0.25) is 5.02 Å². The zero-order chi connectivity index (χ0) is 18.8. The monoisotopic (exact) mass is 386 g/mol. The van der Waals surface area contributed by atoms with Crippen LogP contribution in [0.3, 0.4) is 0 Å². The number of amides is 2. The summed E-state index contributed by atoms with van der Waals surface area (Å²) in [6.07, 6.45) is 0.339. The molecule has 6 nitrogen and oxygen atoms in total. The van der Waals surface area contributed by atoms with Crippen LogP contribution >= 0.6 is 23.4 Å². The quantitative estimate of drug-likeness (QED) is 0.573. The average Bonchev–Trinajstić information content (AvgIpc) is 2.53. The topological polar surface area (TPSA) is 95.5 Å². The van der Waals surface area contributed by atoms with Crippen molar-refractivity contribution in [2.24, 2.45) is 5.92 Å². The van der Waals surface area contributed by atoms with Crippen molar-refractivity contribution in [1.29, 1.82) is 0 Å². The van der Waals surface area contributed by atoms with Crippen LogP contribution in [0, 0.1) is 5.92 Å². The van der Waals surface area contributed by atoms with Crippen molar-refractivity contribution in [3.63, 3.8) is 0 Å². The molecule has 0 bridgehead atoms. The first-order chi connectivity index (χ1) is 11.8. The SMILES string of the molecule is CC(C)C[C@H](NC(=O)CNC(=O)CSCc1ccc(Cl)cc1)C(=O)O. The average molecular weight is 387 g/mol. The van der Waals surface area contributed by atoms with E-state index in [1.807, 2.05) is 26.0 Å². The van der Waals surface area contributed by atoms with Crippen LogP contribution in [0.15, 0.2) is 24.3 Å². The lowest BCUT2D eigenvalue weighted by molar-refractivity contribution is -0.142. The second-order valence-electron chi connectivity index (χ2n) is 5.98. The van der Waals surface area contributed by atoms with E-state index < -0.39 is 17.9 Å². The summed E-state index contributed by atoms with van der Waals surface area (Å²) in [6, 6.07) is 6.42. The minimum absolute atomic E-state index is 0.139. The first kappa shape index (κ1) is 21.3. The number of nitrogens with one attached hydrogen (secondary N) is 2. The van der Waals surface area contributed by atoms with Gasteiger partial charge in [-0.15, -0.1) is 11.8 Å². The Bertz CT molecular complexity index is 593. The van der Waals surface area contributed by atoms with Gasteiger partial charge < -0.3 is 15.7 Å². The van der Waals surface area contributed by atoms with Gasteiger partial charge in [-0.2, -0.15) is 0 Å². The fraction of sp³-hybridized carbons (Fsp3) is 0.471. The number of halogens is 1. The molecule has 1 aromatic rings. The van der Waals surface area contributed by atoms with Gasteiger partial charge in [0.05, 0.1) is 12.3 Å². The van der Waals surface area contributed by atoms with E-state index in [0.717, 1.165) is 5.56 Å². The number of hydrogen-bond donors (Lipinski definition) is 3. The number of aliphatic carboxylic acids is 1. The molecule has 0 aliphatic rings. The molecule has 0 radical (unpaired) electrons. The Kier molecular flexibility index (Phi) is 9.37. The maximum absolute atomic E-state index is 11.8. The standard InChI is InChI=1S/C17H23ClN2O4S/c1-11(2)7-14(17(23)24)20-15(21)8-19-16(22)10-25-9-12-3-5-13(18)6-4-12/h3-6,11,14H,7-10H2,1-2H3,(H,19,22)(H,20,21)(H,23,24)/t14-/m0/s1. The highest BCUT2D eigenvalue weighted by Gasteiger charge is 2.21. The number of thioether (sulfide) groups is 1. The van der Waals surface area contributed by atoms with E-state index in [9.17, 15) is 14.4 Å². The molecule has 0 aliphatic heterocycles. The molecule has 138 valence electrons. The van der Waals surface area contributed by atoms with Crippen LogP contribution in [0.5, 0.6) is 0 Å². The number of carbonyl (C=O) groups is 3. The predicted molar refractivity (Wildman–Crippen MR) is 99.6 cm³/mol. The van der Waals surface area contributed by atoms with Crippen molar-refractivity contribution in [2.75, 3.05) is 12.3 Å². The van der Waals surface area contributed by atoms with Gasteiger partial charge in [-0.1, -0.05) is 37.6 Å². The Morgan fingerprint density at radius 3 is 2.36 bits per heavy atom. The smallest absolute Gasteiger partial charge is 0.326 e. The van der Waals surface area contributed by atoms with Gasteiger partial charge in [0, 0.05) is 10.8 Å². The van der Waals surface area contributed by atoms with Crippen LogP contribution in [0.4, 0.5) is 0 Å². The fourth-order valence-corrected chi connectivity index (χ4v) is 2.95. The van der Waals surface area contributed by atoms with Crippen LogP contribution in [0.1, 0.15) is 25.8 Å². The summed E-state index contributed by atoms with van der Waals surface area (Å²) in [4.78, 5) is 34.6. The number of rotatable bonds is 10. The van der Waals surface area contributed by atoms with E-state index in [4.69, 9.17) is 16.7 Å². The van der Waals surface area contributed by atoms with Crippen LogP contribution in [-0.4, -0.2) is 41.2 Å². The molecule has 8 heteroatoms. The summed E-state index contributed by atoms with van der Waals surface area (Å²) in [5, 5.41) is 14.6. The molecule has 25 heavy (non-hydrogen) atoms. The molecule has 0 unspecified atom stereocenters. The molecule has 2 amide bonds. The fourth-order valence-electron chi connectivity index (χ4n) is 2.01. The van der Waals surface area contributed by atoms with Crippen molar-refractivity contribution in [3.05, 3.63) is 34.9 Å². The van der Waals surface area contributed by atoms with E-state index in [1.165, 1.54) is 11.8 Å². The maximum atomic E-state index is 11.8. The molecule has 0 aromatic heterocycles. The number of carboxylic acid groups (broad SMARTS) is 1. The minimum Gasteiger partial charge on any atom is -0.480 e. The Hall–Kier alpha value is -1.73. The van der Waals surface area contributed by atoms with Crippen molar-refractivity contribution >= 4 is 41.1 Å². The predicted octanol–water partition coefficient (Wildman–Crippen LogP) is 2.30. The zero-order valence-electron chi connectivity index (χ0n) is 14.3. The molecule has 0 aliphatic carbocycles. The molecule has 3 N–H and O–H groups in total. The molecular weight excluding hydrogens is 364 g/mol. The van der Waals surface area contributed by atoms with Gasteiger partial charge >= 0.3 is 5.97 Å². The Morgan fingerprint density at radius 1 is 1.16 bits per heavy atom. The molecule has 0 fully saturated rings. The van der Waals surface area contributed by atoms with Gasteiger partial charge in [0.15, 0.2) is 0 Å². The van der Waals surface area contributed by atoms with Crippen LogP contribution in [0.25, 0.3) is 0 Å². The van der Waals surface area contributed by atoms with Gasteiger partial charge in [0.1, 0.15) is 6.04 Å². The first-order valence-electron chi connectivity index (χ1n) is 7.89. The molecule has 0 spiro atoms. The summed E-state index contributed by atoms with van der Waals surface area (Å²) in [7, 11) is 0. The number of carboxylic acids is 1. The molecule has 1 atom stereocenters. The van der Waals surface area contributed by atoms with Gasteiger partial charge in [-0.25, -0.2) is 4.79 Å². The summed E-state index contributed by atoms with van der Waals surface area (Å²) >= 11 is 7.22. The summed E-state index contributed by atoms with van der Waals surface area (Å²) < 4.78 is 0. The van der Waals surface area contributed by atoms with Gasteiger partial charge in [0.25, 0.3) is 0 Å². The second-order valence-corrected chi connectivity index (χ2v) is 7.41. The highest BCUT2D eigenvalue weighted by atomic mass is 35.5. The largest absolute Gasteiger partial charge is 0.480 e. The van der Waals surface area contributed by atoms with Gasteiger partial charge in [-0.05, 0) is 30.0 Å². The lowest BCUT2D eigenvalue weighted by Crippen LogP contribution is -2.46. The number of carbonyl (C=O) groups excluding carboxylic acids is 2. The van der Waals surface area contributed by atoms with Gasteiger partial charge in [0.2, 0.25) is 11.8 Å². The van der Waals surface area contributed by atoms with E-state index in [2.05, 4.69) is 10.6 Å². The van der Waals surface area contributed by atoms with E-state index in [0.29, 0.717) is 17.2 Å². The lowest BCUT2D eigenvalue weighted by Gasteiger charge is -2.16. The minimum atomic E-state index is -1.08. The molecule has 1 aromatic carbocycles. The summed E-state index contributed by atoms with van der Waals surface area (Å²) in [6.45, 7) is 3.52. The maximum Gasteiger partial charge on any atom is 0.326 e. The Balaban J connectivity index is 2.26. The third-order valence-electron chi connectivity index (χ3n) is 3.20. The second kappa shape index (κ2) is 11.0. The third-order valence-corrected chi connectivity index (χ3v) is 4.46. The van der Waals surface area contributed by atoms with Crippen molar-refractivity contribution in [3.8, 4) is 0 Å². The molecule has 0 heterocycles. The van der Waals surface area contributed by atoms with Crippen LogP contribution in [-0.2, 0) is 20.1 Å². The third kappa shape index (κ3) is 9.36. The Morgan fingerprint density at radius 2 is 1.80 bits per heavy atom. The van der Waals surface area contributed by atoms with E-state index >= 15 is 0 Å². The highest BCUT2D eigenvalue weighted by Crippen LogP contribution is 2.15. The lowest BCUT2D eigenvalue weighted by atomic mass is 10.0. The van der Waals surface area contributed by atoms with Crippen molar-refractivity contribution < 1.29 is 19.5 Å². The first-order valence-corrected chi connectivity index (χ1v) is 9.42. The molecular formula is C17H23ClN2O4S. The van der Waals surface area contributed by atoms with Crippen LogP contribution < -0.4 is 10.6 Å². The molecule has 1 rings (SSSR count). The number of hydrogen-bond acceptors (Lipinski definition) is 4. The highest BCUT2D eigenvalue weighted by molar-refractivity contribution is 7.99.